The van der Waals surface area contributed by atoms with Crippen molar-refractivity contribution >= 4 is 46.3 Å². The lowest BCUT2D eigenvalue weighted by atomic mass is 10.1. The fourth-order valence-electron chi connectivity index (χ4n) is 2.79. The molecular formula is C21H19N3O7S. The van der Waals surface area contributed by atoms with Crippen molar-refractivity contribution in [1.82, 2.24) is 4.90 Å². The van der Waals surface area contributed by atoms with E-state index in [0.29, 0.717) is 22.0 Å². The van der Waals surface area contributed by atoms with E-state index in [1.807, 2.05) is 0 Å². The van der Waals surface area contributed by atoms with Gasteiger partial charge in [0.25, 0.3) is 5.91 Å². The maximum absolute atomic E-state index is 12.6. The number of aromatic hydroxyl groups is 1. The first-order valence-corrected chi connectivity index (χ1v) is 10.2. The highest BCUT2D eigenvalue weighted by atomic mass is 32.2. The molecule has 32 heavy (non-hydrogen) atoms. The summed E-state index contributed by atoms with van der Waals surface area (Å²) in [5, 5.41) is 21.5. The predicted octanol–water partition coefficient (Wildman–Crippen LogP) is 3.72. The first-order chi connectivity index (χ1) is 15.2. The highest BCUT2D eigenvalue weighted by Crippen LogP contribution is 2.39. The van der Waals surface area contributed by atoms with Gasteiger partial charge < -0.3 is 14.6 Å². The zero-order chi connectivity index (χ0) is 23.4. The minimum atomic E-state index is -0.734. The molecule has 10 nitrogen and oxygen atoms in total. The van der Waals surface area contributed by atoms with Crippen LogP contribution in [0, 0.1) is 10.1 Å². The second-order valence-electron chi connectivity index (χ2n) is 6.48. The quantitative estimate of drug-likeness (QED) is 0.300. The molecule has 3 rings (SSSR count). The average molecular weight is 457 g/mol. The Labute approximate surface area is 187 Å². The van der Waals surface area contributed by atoms with Crippen LogP contribution in [0.4, 0.5) is 11.4 Å². The third-order valence-corrected chi connectivity index (χ3v) is 5.46. The number of carbonyl (C=O) groups excluding carboxylic acids is 2. The van der Waals surface area contributed by atoms with Crippen molar-refractivity contribution in [2.45, 2.75) is 6.92 Å². The lowest BCUT2D eigenvalue weighted by molar-refractivity contribution is -0.386. The van der Waals surface area contributed by atoms with Crippen LogP contribution in [0.2, 0.25) is 0 Å². The molecule has 1 aliphatic heterocycles. The number of hydrogen-bond donors (Lipinski definition) is 1. The number of nitro benzene ring substituents is 1. The molecule has 166 valence electrons. The van der Waals surface area contributed by atoms with Gasteiger partial charge in [0.15, 0.2) is 10.9 Å². The van der Waals surface area contributed by atoms with Gasteiger partial charge in [-0.05, 0) is 60.7 Å². The topological polar surface area (TPSA) is 132 Å². The molecule has 1 fully saturated rings. The molecule has 0 aromatic heterocycles. The van der Waals surface area contributed by atoms with Crippen LogP contribution >= 0.6 is 11.8 Å². The molecular weight excluding hydrogens is 438 g/mol. The minimum absolute atomic E-state index is 0.0783. The van der Waals surface area contributed by atoms with Gasteiger partial charge in [-0.3, -0.25) is 19.8 Å². The third-order valence-electron chi connectivity index (χ3n) is 4.40. The molecule has 1 heterocycles. The lowest BCUT2D eigenvalue weighted by Crippen LogP contribution is -2.23. The Morgan fingerprint density at radius 1 is 1.31 bits per heavy atom. The van der Waals surface area contributed by atoms with Crippen LogP contribution in [0.15, 0.2) is 46.3 Å². The van der Waals surface area contributed by atoms with Crippen LogP contribution in [-0.2, 0) is 9.53 Å². The van der Waals surface area contributed by atoms with Crippen LogP contribution in [0.1, 0.15) is 22.8 Å². The first kappa shape index (κ1) is 22.8. The van der Waals surface area contributed by atoms with E-state index in [1.165, 1.54) is 24.2 Å². The Bertz CT molecular complexity index is 1140. The number of thioether (sulfide) groups is 1. The number of esters is 1. The molecule has 0 atom stereocenters. The summed E-state index contributed by atoms with van der Waals surface area (Å²) in [6.45, 7) is 2.00. The Balaban J connectivity index is 1.89. The lowest BCUT2D eigenvalue weighted by Gasteiger charge is -2.07. The number of benzene rings is 2. The zero-order valence-corrected chi connectivity index (χ0v) is 18.2. The van der Waals surface area contributed by atoms with Crippen LogP contribution in [-0.4, -0.2) is 52.7 Å². The molecule has 1 N–H and O–H groups in total. The van der Waals surface area contributed by atoms with Crippen molar-refractivity contribution in [3.8, 4) is 11.5 Å². The number of phenolic OH excluding ortho intramolecular Hbond substituents is 1. The largest absolute Gasteiger partial charge is 0.500 e. The van der Waals surface area contributed by atoms with Gasteiger partial charge in [0.1, 0.15) is 0 Å². The van der Waals surface area contributed by atoms with Gasteiger partial charge in [-0.25, -0.2) is 9.79 Å². The van der Waals surface area contributed by atoms with Gasteiger partial charge in [-0.15, -0.1) is 0 Å². The molecule has 0 bridgehead atoms. The molecule has 2 aromatic carbocycles. The van der Waals surface area contributed by atoms with Crippen molar-refractivity contribution in [2.24, 2.45) is 4.99 Å². The summed E-state index contributed by atoms with van der Waals surface area (Å²) in [5.41, 5.74) is 0.706. The number of nitrogens with zero attached hydrogens (tertiary/aromatic N) is 3. The van der Waals surface area contributed by atoms with Gasteiger partial charge in [0.2, 0.25) is 5.75 Å². The summed E-state index contributed by atoms with van der Waals surface area (Å²) < 4.78 is 9.93. The normalized spacial score (nSPS) is 16.0. The van der Waals surface area contributed by atoms with Gasteiger partial charge in [-0.2, -0.15) is 0 Å². The van der Waals surface area contributed by atoms with E-state index >= 15 is 0 Å². The Kier molecular flexibility index (Phi) is 6.79. The van der Waals surface area contributed by atoms with Crippen molar-refractivity contribution in [1.29, 1.82) is 0 Å². The molecule has 1 saturated heterocycles. The van der Waals surface area contributed by atoms with E-state index in [9.17, 15) is 24.8 Å². The predicted molar refractivity (Wildman–Crippen MR) is 119 cm³/mol. The summed E-state index contributed by atoms with van der Waals surface area (Å²) in [4.78, 5) is 40.9. The SMILES string of the molecule is CCOC(=O)c1ccc(N=C2S/C(=C\c3cc(OC)c(O)c([N+](=O)[O-])c3)C(=O)N2C)cc1. The monoisotopic (exact) mass is 457 g/mol. The molecule has 1 aliphatic rings. The standard InChI is InChI=1S/C21H19N3O7S/c1-4-31-20(27)13-5-7-14(8-6-13)22-21-23(2)19(26)17(32-21)11-12-9-15(24(28)29)18(25)16(10-12)30-3/h5-11,25H,4H2,1-3H3/b17-11-,22-21?. The third kappa shape index (κ3) is 4.72. The van der Waals surface area contributed by atoms with E-state index in [4.69, 9.17) is 9.47 Å². The summed E-state index contributed by atoms with van der Waals surface area (Å²) in [5.74, 6) is -1.44. The van der Waals surface area contributed by atoms with Crippen molar-refractivity contribution in [3.05, 3.63) is 62.5 Å². The molecule has 11 heteroatoms. The van der Waals surface area contributed by atoms with Crippen molar-refractivity contribution < 1.29 is 29.1 Å². The van der Waals surface area contributed by atoms with Gasteiger partial charge in [0, 0.05) is 13.1 Å². The van der Waals surface area contributed by atoms with E-state index in [0.717, 1.165) is 17.8 Å². The van der Waals surface area contributed by atoms with Gasteiger partial charge in [0.05, 0.1) is 34.8 Å². The average Bonchev–Trinajstić information content (AvgIpc) is 3.03. The smallest absolute Gasteiger partial charge is 0.338 e. The van der Waals surface area contributed by atoms with E-state index < -0.39 is 22.3 Å². The Hall–Kier alpha value is -3.86. The molecule has 0 unspecified atom stereocenters. The number of amidine groups is 1. The number of likely N-dealkylation sites (N-methyl/N-ethyl adjacent to an activating group) is 1. The number of ether oxygens (including phenoxy) is 2. The fourth-order valence-corrected chi connectivity index (χ4v) is 3.78. The summed E-state index contributed by atoms with van der Waals surface area (Å²) in [6, 6.07) is 8.98. The minimum Gasteiger partial charge on any atom is -0.500 e. The highest BCUT2D eigenvalue weighted by Gasteiger charge is 2.31. The molecule has 0 aliphatic carbocycles. The number of hydrogen-bond acceptors (Lipinski definition) is 9. The number of nitro groups is 1. The van der Waals surface area contributed by atoms with Crippen molar-refractivity contribution in [3.63, 3.8) is 0 Å². The van der Waals surface area contributed by atoms with Crippen LogP contribution in [0.25, 0.3) is 6.08 Å². The van der Waals surface area contributed by atoms with Crippen LogP contribution in [0.5, 0.6) is 11.5 Å². The van der Waals surface area contributed by atoms with E-state index in [1.54, 1.807) is 38.2 Å². The zero-order valence-electron chi connectivity index (χ0n) is 17.4. The van der Waals surface area contributed by atoms with E-state index in [-0.39, 0.29) is 23.2 Å². The molecule has 0 radical (unpaired) electrons. The maximum Gasteiger partial charge on any atom is 0.338 e. The molecule has 0 spiro atoms. The first-order valence-electron chi connectivity index (χ1n) is 9.34. The Morgan fingerprint density at radius 3 is 2.59 bits per heavy atom. The molecule has 2 aromatic rings. The van der Waals surface area contributed by atoms with Gasteiger partial charge in [-0.1, -0.05) is 0 Å². The maximum atomic E-state index is 12.6. The number of methoxy groups -OCH3 is 1. The van der Waals surface area contributed by atoms with Gasteiger partial charge >= 0.3 is 11.7 Å². The van der Waals surface area contributed by atoms with E-state index in [2.05, 4.69) is 4.99 Å². The second-order valence-corrected chi connectivity index (χ2v) is 7.49. The summed E-state index contributed by atoms with van der Waals surface area (Å²) in [6.07, 6.45) is 1.46. The number of phenols is 1. The highest BCUT2D eigenvalue weighted by molar-refractivity contribution is 8.18. The van der Waals surface area contributed by atoms with Crippen LogP contribution < -0.4 is 4.74 Å². The number of amides is 1. The summed E-state index contributed by atoms with van der Waals surface area (Å²) in [7, 11) is 2.83. The second kappa shape index (κ2) is 9.52. The number of rotatable bonds is 6. The molecule has 1 amide bonds. The Morgan fingerprint density at radius 2 is 2.00 bits per heavy atom. The number of carbonyl (C=O) groups is 2. The number of aliphatic imine (C=N–C) groups is 1. The fraction of sp³-hybridized carbons (Fsp3) is 0.190. The van der Waals surface area contributed by atoms with Crippen LogP contribution in [0.3, 0.4) is 0 Å². The molecule has 0 saturated carbocycles. The van der Waals surface area contributed by atoms with Crippen molar-refractivity contribution in [2.75, 3.05) is 20.8 Å². The summed E-state index contributed by atoms with van der Waals surface area (Å²) >= 11 is 1.09.